The summed E-state index contributed by atoms with van der Waals surface area (Å²) < 4.78 is 0. The molecule has 0 spiro atoms. The van der Waals surface area contributed by atoms with Gasteiger partial charge >= 0.3 is 0 Å². The molecule has 2 aliphatic rings. The van der Waals surface area contributed by atoms with Crippen LogP contribution in [0.15, 0.2) is 24.3 Å². The Morgan fingerprint density at radius 3 is 2.71 bits per heavy atom. The molecular formula is C16H21ClN2O2. The molecule has 2 fully saturated rings. The third-order valence-corrected chi connectivity index (χ3v) is 4.72. The number of carbonyl (C=O) groups excluding carboxylic acids is 1. The average Bonchev–Trinajstić information content (AvgIpc) is 3.28. The van der Waals surface area contributed by atoms with Gasteiger partial charge in [0.25, 0.3) is 0 Å². The number of carbonyl (C=O) groups is 1. The highest BCUT2D eigenvalue weighted by atomic mass is 35.5. The molecular weight excluding hydrogens is 288 g/mol. The summed E-state index contributed by atoms with van der Waals surface area (Å²) in [5.74, 6) is 0.753. The van der Waals surface area contributed by atoms with E-state index < -0.39 is 0 Å². The molecule has 0 radical (unpaired) electrons. The largest absolute Gasteiger partial charge is 0.395 e. The van der Waals surface area contributed by atoms with E-state index in [-0.39, 0.29) is 18.4 Å². The van der Waals surface area contributed by atoms with E-state index in [9.17, 15) is 4.79 Å². The number of hydrogen-bond donors (Lipinski definition) is 1. The smallest absolute Gasteiger partial charge is 0.226 e. The van der Waals surface area contributed by atoms with Gasteiger partial charge in [-0.2, -0.15) is 0 Å². The van der Waals surface area contributed by atoms with Crippen LogP contribution in [0.1, 0.15) is 17.9 Å². The minimum absolute atomic E-state index is 0.132. The Morgan fingerprint density at radius 2 is 2.05 bits per heavy atom. The number of aliphatic hydroxyl groups excluding tert-OH is 1. The third kappa shape index (κ3) is 3.39. The topological polar surface area (TPSA) is 43.8 Å². The van der Waals surface area contributed by atoms with Gasteiger partial charge in [-0.1, -0.05) is 23.7 Å². The SMILES string of the molecule is O=C([C@@H]1C[C@H]1c1cccc(Cl)c1)N1CCN(CCO)CC1. The van der Waals surface area contributed by atoms with Gasteiger partial charge in [0.15, 0.2) is 0 Å². The summed E-state index contributed by atoms with van der Waals surface area (Å²) in [5.41, 5.74) is 1.18. The Morgan fingerprint density at radius 1 is 1.29 bits per heavy atom. The fraction of sp³-hybridized carbons (Fsp3) is 0.562. The molecule has 1 aromatic rings. The summed E-state index contributed by atoms with van der Waals surface area (Å²) in [4.78, 5) is 16.7. The zero-order valence-corrected chi connectivity index (χ0v) is 12.8. The van der Waals surface area contributed by atoms with Crippen molar-refractivity contribution in [1.82, 2.24) is 9.80 Å². The first-order valence-corrected chi connectivity index (χ1v) is 7.94. The molecule has 0 bridgehead atoms. The van der Waals surface area contributed by atoms with Gasteiger partial charge in [0.05, 0.1) is 6.61 Å². The Balaban J connectivity index is 1.54. The van der Waals surface area contributed by atoms with Crippen LogP contribution in [-0.2, 0) is 4.79 Å². The molecule has 1 saturated carbocycles. The van der Waals surface area contributed by atoms with Gasteiger partial charge in [0.1, 0.15) is 0 Å². The summed E-state index contributed by atoms with van der Waals surface area (Å²) in [5, 5.41) is 9.68. The van der Waals surface area contributed by atoms with E-state index in [0.29, 0.717) is 12.5 Å². The number of β-amino-alcohol motifs (C(OH)–C–C–N with tert-alkyl or cyclic N) is 1. The molecule has 1 aromatic carbocycles. The van der Waals surface area contributed by atoms with Crippen molar-refractivity contribution in [3.8, 4) is 0 Å². The lowest BCUT2D eigenvalue weighted by molar-refractivity contribution is -0.134. The van der Waals surface area contributed by atoms with Gasteiger partial charge in [-0.15, -0.1) is 0 Å². The van der Waals surface area contributed by atoms with Crippen LogP contribution < -0.4 is 0 Å². The predicted molar refractivity (Wildman–Crippen MR) is 82.4 cm³/mol. The van der Waals surface area contributed by atoms with Gasteiger partial charge in [0.2, 0.25) is 5.91 Å². The van der Waals surface area contributed by atoms with Crippen molar-refractivity contribution in [2.45, 2.75) is 12.3 Å². The summed E-state index contributed by atoms with van der Waals surface area (Å²) in [6.07, 6.45) is 0.941. The highest BCUT2D eigenvalue weighted by molar-refractivity contribution is 6.30. The molecule has 1 heterocycles. The van der Waals surface area contributed by atoms with Crippen molar-refractivity contribution in [3.05, 3.63) is 34.9 Å². The van der Waals surface area contributed by atoms with Crippen molar-refractivity contribution in [2.24, 2.45) is 5.92 Å². The van der Waals surface area contributed by atoms with Crippen molar-refractivity contribution >= 4 is 17.5 Å². The Labute approximate surface area is 130 Å². The van der Waals surface area contributed by atoms with Crippen LogP contribution in [0.5, 0.6) is 0 Å². The van der Waals surface area contributed by atoms with E-state index in [0.717, 1.165) is 37.6 Å². The van der Waals surface area contributed by atoms with E-state index in [1.54, 1.807) is 0 Å². The van der Waals surface area contributed by atoms with E-state index in [2.05, 4.69) is 11.0 Å². The average molecular weight is 309 g/mol. The molecule has 1 aliphatic carbocycles. The number of piperazine rings is 1. The van der Waals surface area contributed by atoms with Gasteiger partial charge in [0, 0.05) is 43.7 Å². The second-order valence-electron chi connectivity index (χ2n) is 5.89. The molecule has 1 saturated heterocycles. The fourth-order valence-electron chi connectivity index (χ4n) is 3.14. The van der Waals surface area contributed by atoms with Crippen molar-refractivity contribution in [2.75, 3.05) is 39.3 Å². The van der Waals surface area contributed by atoms with Crippen molar-refractivity contribution in [3.63, 3.8) is 0 Å². The second kappa shape index (κ2) is 6.34. The number of aliphatic hydroxyl groups is 1. The molecule has 1 N–H and O–H groups in total. The maximum absolute atomic E-state index is 12.5. The van der Waals surface area contributed by atoms with Crippen molar-refractivity contribution in [1.29, 1.82) is 0 Å². The highest BCUT2D eigenvalue weighted by Gasteiger charge is 2.46. The molecule has 1 amide bonds. The Kier molecular flexibility index (Phi) is 4.48. The van der Waals surface area contributed by atoms with Crippen LogP contribution in [0.4, 0.5) is 0 Å². The van der Waals surface area contributed by atoms with E-state index in [1.165, 1.54) is 5.56 Å². The lowest BCUT2D eigenvalue weighted by Gasteiger charge is -2.34. The first-order chi connectivity index (χ1) is 10.2. The first kappa shape index (κ1) is 14.8. The maximum atomic E-state index is 12.5. The first-order valence-electron chi connectivity index (χ1n) is 7.56. The Bertz CT molecular complexity index is 515. The van der Waals surface area contributed by atoms with E-state index in [1.807, 2.05) is 23.1 Å². The lowest BCUT2D eigenvalue weighted by atomic mass is 10.1. The van der Waals surface area contributed by atoms with Gasteiger partial charge in [-0.25, -0.2) is 0 Å². The predicted octanol–water partition coefficient (Wildman–Crippen LogP) is 1.58. The third-order valence-electron chi connectivity index (χ3n) is 4.48. The number of benzene rings is 1. The van der Waals surface area contributed by atoms with Crippen LogP contribution in [0.25, 0.3) is 0 Å². The standard InChI is InChI=1S/C16H21ClN2O2/c17-13-3-1-2-12(10-13)14-11-15(14)16(21)19-6-4-18(5-7-19)8-9-20/h1-3,10,14-15,20H,4-9,11H2/t14-,15+/m0/s1. The molecule has 2 atom stereocenters. The molecule has 0 aromatic heterocycles. The number of rotatable bonds is 4. The molecule has 4 nitrogen and oxygen atoms in total. The fourth-order valence-corrected chi connectivity index (χ4v) is 3.34. The zero-order chi connectivity index (χ0) is 14.8. The zero-order valence-electron chi connectivity index (χ0n) is 12.0. The molecule has 5 heteroatoms. The van der Waals surface area contributed by atoms with Crippen LogP contribution >= 0.6 is 11.6 Å². The quantitative estimate of drug-likeness (QED) is 0.918. The summed E-state index contributed by atoms with van der Waals surface area (Å²) in [7, 11) is 0. The summed E-state index contributed by atoms with van der Waals surface area (Å²) in [6, 6.07) is 7.84. The molecule has 3 rings (SSSR count). The number of halogens is 1. The van der Waals surface area contributed by atoms with Crippen LogP contribution in [-0.4, -0.2) is 60.1 Å². The molecule has 21 heavy (non-hydrogen) atoms. The van der Waals surface area contributed by atoms with E-state index >= 15 is 0 Å². The molecule has 0 unspecified atom stereocenters. The molecule has 1 aliphatic heterocycles. The minimum Gasteiger partial charge on any atom is -0.395 e. The minimum atomic E-state index is 0.132. The number of nitrogens with zero attached hydrogens (tertiary/aromatic N) is 2. The second-order valence-corrected chi connectivity index (χ2v) is 6.33. The molecule has 114 valence electrons. The van der Waals surface area contributed by atoms with Gasteiger partial charge in [-0.3, -0.25) is 9.69 Å². The summed E-state index contributed by atoms with van der Waals surface area (Å²) >= 11 is 6.02. The van der Waals surface area contributed by atoms with Crippen molar-refractivity contribution < 1.29 is 9.90 Å². The number of hydrogen-bond acceptors (Lipinski definition) is 3. The van der Waals surface area contributed by atoms with Crippen LogP contribution in [0, 0.1) is 5.92 Å². The monoisotopic (exact) mass is 308 g/mol. The normalized spacial score (nSPS) is 25.9. The highest BCUT2D eigenvalue weighted by Crippen LogP contribution is 2.48. The summed E-state index contributed by atoms with van der Waals surface area (Å²) in [6.45, 7) is 4.17. The number of amides is 1. The van der Waals surface area contributed by atoms with Crippen LogP contribution in [0.2, 0.25) is 5.02 Å². The van der Waals surface area contributed by atoms with Gasteiger partial charge < -0.3 is 10.0 Å². The van der Waals surface area contributed by atoms with E-state index in [4.69, 9.17) is 16.7 Å². The Hall–Kier alpha value is -1.10. The maximum Gasteiger partial charge on any atom is 0.226 e. The van der Waals surface area contributed by atoms with Crippen LogP contribution in [0.3, 0.4) is 0 Å². The van der Waals surface area contributed by atoms with Gasteiger partial charge in [-0.05, 0) is 30.0 Å². The lowest BCUT2D eigenvalue weighted by Crippen LogP contribution is -2.49.